The van der Waals surface area contributed by atoms with Gasteiger partial charge < -0.3 is 15.1 Å². The summed E-state index contributed by atoms with van der Waals surface area (Å²) in [4.78, 5) is 10.4. The summed E-state index contributed by atoms with van der Waals surface area (Å²) < 4.78 is 5.31. The summed E-state index contributed by atoms with van der Waals surface area (Å²) in [5.41, 5.74) is 2.49. The summed E-state index contributed by atoms with van der Waals surface area (Å²) in [5, 5.41) is 8.72. The number of hydrogen-bond donors (Lipinski definition) is 2. The van der Waals surface area contributed by atoms with Gasteiger partial charge in [-0.25, -0.2) is 15.8 Å². The SMILES string of the molecule is COc1c(NN)ncnc1N(CCC#N)C1CC1. The van der Waals surface area contributed by atoms with Crippen LogP contribution in [0.5, 0.6) is 5.75 Å². The third-order valence-electron chi connectivity index (χ3n) is 2.85. The quantitative estimate of drug-likeness (QED) is 0.563. The first kappa shape index (κ1) is 12.4. The number of nitrogens with one attached hydrogen (secondary N) is 1. The van der Waals surface area contributed by atoms with Gasteiger partial charge in [0, 0.05) is 12.6 Å². The van der Waals surface area contributed by atoms with E-state index in [4.69, 9.17) is 15.8 Å². The van der Waals surface area contributed by atoms with Crippen molar-refractivity contribution >= 4 is 11.6 Å². The van der Waals surface area contributed by atoms with Crippen LogP contribution in [0.15, 0.2) is 6.33 Å². The van der Waals surface area contributed by atoms with Crippen molar-refractivity contribution in [2.24, 2.45) is 5.84 Å². The minimum atomic E-state index is 0.438. The molecule has 0 atom stereocenters. The van der Waals surface area contributed by atoms with E-state index in [1.54, 1.807) is 7.11 Å². The highest BCUT2D eigenvalue weighted by Crippen LogP contribution is 2.38. The predicted molar refractivity (Wildman–Crippen MR) is 67.0 cm³/mol. The number of aromatic nitrogens is 2. The summed E-state index contributed by atoms with van der Waals surface area (Å²) in [5.74, 6) is 7.06. The van der Waals surface area contributed by atoms with E-state index in [2.05, 4.69) is 26.4 Å². The number of nitriles is 1. The number of ether oxygens (including phenoxy) is 1. The molecule has 1 saturated carbocycles. The average molecular weight is 248 g/mol. The number of nitrogens with zero attached hydrogens (tertiary/aromatic N) is 4. The van der Waals surface area contributed by atoms with Gasteiger partial charge in [0.05, 0.1) is 19.6 Å². The van der Waals surface area contributed by atoms with Gasteiger partial charge in [0.2, 0.25) is 5.75 Å². The number of methoxy groups -OCH3 is 1. The van der Waals surface area contributed by atoms with Crippen LogP contribution in [-0.2, 0) is 0 Å². The van der Waals surface area contributed by atoms with Gasteiger partial charge in [0.25, 0.3) is 0 Å². The minimum absolute atomic E-state index is 0.438. The predicted octanol–water partition coefficient (Wildman–Crippen LogP) is 0.653. The number of nitrogens with two attached hydrogens (primary N) is 1. The Morgan fingerprint density at radius 2 is 2.39 bits per heavy atom. The van der Waals surface area contributed by atoms with Crippen LogP contribution < -0.4 is 20.9 Å². The van der Waals surface area contributed by atoms with Gasteiger partial charge in [0.15, 0.2) is 11.6 Å². The van der Waals surface area contributed by atoms with E-state index in [0.717, 1.165) is 12.8 Å². The summed E-state index contributed by atoms with van der Waals surface area (Å²) >= 11 is 0. The second-order valence-electron chi connectivity index (χ2n) is 4.06. The molecule has 1 heterocycles. The van der Waals surface area contributed by atoms with E-state index in [9.17, 15) is 0 Å². The van der Waals surface area contributed by atoms with Crippen molar-refractivity contribution in [3.05, 3.63) is 6.33 Å². The van der Waals surface area contributed by atoms with Crippen molar-refractivity contribution in [3.63, 3.8) is 0 Å². The number of rotatable bonds is 6. The van der Waals surface area contributed by atoms with E-state index in [1.807, 2.05) is 0 Å². The highest BCUT2D eigenvalue weighted by Gasteiger charge is 2.32. The van der Waals surface area contributed by atoms with E-state index < -0.39 is 0 Å². The first-order valence-electron chi connectivity index (χ1n) is 5.81. The standard InChI is InChI=1S/C11H16N6O/c1-18-9-10(16-13)14-7-15-11(9)17(6-2-5-12)8-3-4-8/h7-8H,2-4,6,13H2,1H3,(H,14,15,16). The molecule has 0 radical (unpaired) electrons. The van der Waals surface area contributed by atoms with Crippen molar-refractivity contribution in [1.29, 1.82) is 5.26 Å². The lowest BCUT2D eigenvalue weighted by atomic mass is 10.3. The van der Waals surface area contributed by atoms with E-state index in [0.29, 0.717) is 36.4 Å². The van der Waals surface area contributed by atoms with Crippen molar-refractivity contribution in [1.82, 2.24) is 9.97 Å². The number of nitrogen functional groups attached to an aromatic ring is 1. The van der Waals surface area contributed by atoms with Crippen LogP contribution in [-0.4, -0.2) is 29.7 Å². The molecule has 0 bridgehead atoms. The fourth-order valence-corrected chi connectivity index (χ4v) is 1.88. The van der Waals surface area contributed by atoms with E-state index in [1.165, 1.54) is 6.33 Å². The number of anilines is 2. The van der Waals surface area contributed by atoms with E-state index >= 15 is 0 Å². The Bertz CT molecular complexity index is 453. The van der Waals surface area contributed by atoms with Gasteiger partial charge >= 0.3 is 0 Å². The van der Waals surface area contributed by atoms with E-state index in [-0.39, 0.29) is 0 Å². The Morgan fingerprint density at radius 3 is 2.94 bits per heavy atom. The molecule has 3 N–H and O–H groups in total. The first-order chi connectivity index (χ1) is 8.81. The van der Waals surface area contributed by atoms with Crippen molar-refractivity contribution in [2.75, 3.05) is 24.0 Å². The monoisotopic (exact) mass is 248 g/mol. The van der Waals surface area contributed by atoms with Crippen LogP contribution >= 0.6 is 0 Å². The second-order valence-corrected chi connectivity index (χ2v) is 4.06. The molecule has 0 saturated heterocycles. The molecule has 0 unspecified atom stereocenters. The van der Waals surface area contributed by atoms with Crippen LogP contribution in [0, 0.1) is 11.3 Å². The Hall–Kier alpha value is -2.07. The zero-order chi connectivity index (χ0) is 13.0. The molecule has 1 fully saturated rings. The normalized spacial score (nSPS) is 13.8. The number of hydrazine groups is 1. The minimum Gasteiger partial charge on any atom is -0.490 e. The third kappa shape index (κ3) is 2.43. The average Bonchev–Trinajstić information content (AvgIpc) is 3.23. The van der Waals surface area contributed by atoms with Crippen LogP contribution in [0.2, 0.25) is 0 Å². The topological polar surface area (TPSA) is 100 Å². The van der Waals surface area contributed by atoms with Crippen molar-refractivity contribution < 1.29 is 4.74 Å². The summed E-state index contributed by atoms with van der Waals surface area (Å²) in [6, 6.07) is 2.59. The fourth-order valence-electron chi connectivity index (χ4n) is 1.88. The Labute approximate surface area is 106 Å². The van der Waals surface area contributed by atoms with Gasteiger partial charge in [0.1, 0.15) is 6.33 Å². The highest BCUT2D eigenvalue weighted by molar-refractivity contribution is 5.65. The zero-order valence-corrected chi connectivity index (χ0v) is 10.3. The van der Waals surface area contributed by atoms with Crippen LogP contribution in [0.4, 0.5) is 11.6 Å². The maximum Gasteiger partial charge on any atom is 0.205 e. The molecule has 0 aliphatic heterocycles. The molecule has 18 heavy (non-hydrogen) atoms. The molecule has 96 valence electrons. The van der Waals surface area contributed by atoms with Gasteiger partial charge in [-0.05, 0) is 12.8 Å². The van der Waals surface area contributed by atoms with Gasteiger partial charge in [-0.3, -0.25) is 0 Å². The summed E-state index contributed by atoms with van der Waals surface area (Å²) in [6.07, 6.45) is 4.12. The molecule has 0 aromatic carbocycles. The molecular formula is C11H16N6O. The molecule has 1 aromatic heterocycles. The van der Waals surface area contributed by atoms with Crippen LogP contribution in [0.25, 0.3) is 0 Å². The Morgan fingerprint density at radius 1 is 1.61 bits per heavy atom. The molecule has 1 aliphatic carbocycles. The summed E-state index contributed by atoms with van der Waals surface area (Å²) in [7, 11) is 1.55. The van der Waals surface area contributed by atoms with Crippen molar-refractivity contribution in [3.8, 4) is 11.8 Å². The first-order valence-corrected chi connectivity index (χ1v) is 5.81. The highest BCUT2D eigenvalue weighted by atomic mass is 16.5. The molecule has 0 spiro atoms. The second kappa shape index (κ2) is 5.51. The van der Waals surface area contributed by atoms with Crippen LogP contribution in [0.3, 0.4) is 0 Å². The lowest BCUT2D eigenvalue weighted by Crippen LogP contribution is -2.28. The number of hydrogen-bond acceptors (Lipinski definition) is 7. The molecule has 7 nitrogen and oxygen atoms in total. The zero-order valence-electron chi connectivity index (χ0n) is 10.3. The third-order valence-corrected chi connectivity index (χ3v) is 2.85. The Kier molecular flexibility index (Phi) is 3.79. The lowest BCUT2D eigenvalue weighted by molar-refractivity contribution is 0.412. The molecule has 1 aliphatic rings. The smallest absolute Gasteiger partial charge is 0.205 e. The Balaban J connectivity index is 2.31. The van der Waals surface area contributed by atoms with Crippen molar-refractivity contribution in [2.45, 2.75) is 25.3 Å². The van der Waals surface area contributed by atoms with Gasteiger partial charge in [-0.15, -0.1) is 0 Å². The molecular weight excluding hydrogens is 232 g/mol. The molecule has 0 amide bonds. The molecule has 7 heteroatoms. The van der Waals surface area contributed by atoms with Gasteiger partial charge in [-0.1, -0.05) is 0 Å². The van der Waals surface area contributed by atoms with Gasteiger partial charge in [-0.2, -0.15) is 5.26 Å². The molecule has 2 rings (SSSR count). The maximum absolute atomic E-state index is 8.72. The lowest BCUT2D eigenvalue weighted by Gasteiger charge is -2.24. The largest absolute Gasteiger partial charge is 0.490 e. The molecule has 1 aromatic rings. The summed E-state index contributed by atoms with van der Waals surface area (Å²) in [6.45, 7) is 0.637. The fraction of sp³-hybridized carbons (Fsp3) is 0.545. The van der Waals surface area contributed by atoms with Crippen LogP contribution in [0.1, 0.15) is 19.3 Å². The maximum atomic E-state index is 8.72.